The lowest BCUT2D eigenvalue weighted by Gasteiger charge is -2.07. The van der Waals surface area contributed by atoms with Crippen LogP contribution >= 0.6 is 27.5 Å². The average Bonchev–Trinajstić information content (AvgIpc) is 2.33. The lowest BCUT2D eigenvalue weighted by atomic mass is 10.3. The highest BCUT2D eigenvalue weighted by molar-refractivity contribution is 9.10. The minimum atomic E-state index is -0.595. The average molecular weight is 330 g/mol. The van der Waals surface area contributed by atoms with Gasteiger partial charge in [-0.1, -0.05) is 11.6 Å². The smallest absolute Gasteiger partial charge is 0.275 e. The van der Waals surface area contributed by atoms with Crippen molar-refractivity contribution < 1.29 is 9.18 Å². The second-order valence-electron chi connectivity index (χ2n) is 3.41. The van der Waals surface area contributed by atoms with Crippen LogP contribution in [-0.4, -0.2) is 10.9 Å². The van der Waals surface area contributed by atoms with E-state index < -0.39 is 11.7 Å². The molecule has 6 heteroatoms. The Kier molecular flexibility index (Phi) is 3.93. The van der Waals surface area contributed by atoms with Gasteiger partial charge in [0, 0.05) is 15.7 Å². The van der Waals surface area contributed by atoms with Crippen LogP contribution in [0.1, 0.15) is 10.5 Å². The Labute approximate surface area is 116 Å². The van der Waals surface area contributed by atoms with E-state index in [4.69, 9.17) is 11.6 Å². The third-order valence-corrected chi connectivity index (χ3v) is 3.03. The Balaban J connectivity index is 2.24. The summed E-state index contributed by atoms with van der Waals surface area (Å²) in [4.78, 5) is 15.8. The minimum Gasteiger partial charge on any atom is -0.318 e. The van der Waals surface area contributed by atoms with Crippen LogP contribution in [0.3, 0.4) is 0 Å². The van der Waals surface area contributed by atoms with Gasteiger partial charge in [0.25, 0.3) is 5.91 Å². The van der Waals surface area contributed by atoms with Crippen molar-refractivity contribution in [2.24, 2.45) is 0 Å². The van der Waals surface area contributed by atoms with E-state index in [9.17, 15) is 9.18 Å². The summed E-state index contributed by atoms with van der Waals surface area (Å²) in [6.07, 6.45) is 1.48. The molecule has 1 heterocycles. The van der Waals surface area contributed by atoms with Crippen LogP contribution in [0, 0.1) is 5.82 Å². The van der Waals surface area contributed by atoms with E-state index in [1.54, 1.807) is 12.1 Å². The Morgan fingerprint density at radius 3 is 2.83 bits per heavy atom. The number of halogens is 3. The number of nitrogens with zero attached hydrogens (tertiary/aromatic N) is 1. The number of pyridine rings is 1. The van der Waals surface area contributed by atoms with Gasteiger partial charge in [-0.3, -0.25) is 4.79 Å². The first-order valence-electron chi connectivity index (χ1n) is 4.95. The lowest BCUT2D eigenvalue weighted by molar-refractivity contribution is 0.102. The monoisotopic (exact) mass is 328 g/mol. The second kappa shape index (κ2) is 5.46. The standard InChI is InChI=1S/C12H7BrClFN2O/c13-8-2-1-5-16-11(8)12(18)17-10-4-3-7(14)6-9(10)15/h1-6H,(H,17,18). The molecule has 0 fully saturated rings. The number of amides is 1. The molecule has 0 atom stereocenters. The summed E-state index contributed by atoms with van der Waals surface area (Å²) in [5.41, 5.74) is 0.244. The molecule has 92 valence electrons. The third-order valence-electron chi connectivity index (χ3n) is 2.15. The number of carbonyl (C=O) groups is 1. The van der Waals surface area contributed by atoms with Crippen LogP contribution in [0.5, 0.6) is 0 Å². The Morgan fingerprint density at radius 1 is 1.39 bits per heavy atom. The molecule has 1 aromatic heterocycles. The number of aromatic nitrogens is 1. The van der Waals surface area contributed by atoms with Crippen molar-refractivity contribution in [3.63, 3.8) is 0 Å². The molecule has 0 aliphatic rings. The van der Waals surface area contributed by atoms with Crippen LogP contribution in [0.2, 0.25) is 5.02 Å². The van der Waals surface area contributed by atoms with Gasteiger partial charge in [-0.25, -0.2) is 9.37 Å². The summed E-state index contributed by atoms with van der Waals surface area (Å²) in [5.74, 6) is -1.09. The molecule has 0 radical (unpaired) electrons. The van der Waals surface area contributed by atoms with Crippen molar-refractivity contribution in [2.45, 2.75) is 0 Å². The molecule has 0 aliphatic carbocycles. The van der Waals surface area contributed by atoms with E-state index in [1.165, 1.54) is 18.3 Å². The third kappa shape index (κ3) is 2.86. The number of benzene rings is 1. The lowest BCUT2D eigenvalue weighted by Crippen LogP contribution is -2.15. The molecule has 18 heavy (non-hydrogen) atoms. The molecule has 2 aromatic rings. The summed E-state index contributed by atoms with van der Waals surface area (Å²) < 4.78 is 14.0. The van der Waals surface area contributed by atoms with Crippen LogP contribution in [-0.2, 0) is 0 Å². The van der Waals surface area contributed by atoms with E-state index in [0.29, 0.717) is 4.47 Å². The molecule has 0 unspecified atom stereocenters. The maximum Gasteiger partial charge on any atom is 0.275 e. The zero-order valence-corrected chi connectivity index (χ0v) is 11.3. The molecule has 0 saturated heterocycles. The minimum absolute atomic E-state index is 0.0574. The SMILES string of the molecule is O=C(Nc1ccc(Cl)cc1F)c1ncccc1Br. The maximum atomic E-state index is 13.5. The topological polar surface area (TPSA) is 42.0 Å². The molecule has 0 bridgehead atoms. The van der Waals surface area contributed by atoms with Gasteiger partial charge >= 0.3 is 0 Å². The van der Waals surface area contributed by atoms with E-state index >= 15 is 0 Å². The first kappa shape index (κ1) is 13.0. The fourth-order valence-corrected chi connectivity index (χ4v) is 1.92. The van der Waals surface area contributed by atoms with Crippen molar-refractivity contribution >= 4 is 39.1 Å². The largest absolute Gasteiger partial charge is 0.318 e. The summed E-state index contributed by atoms with van der Waals surface area (Å²) in [5, 5.41) is 2.70. The van der Waals surface area contributed by atoms with Crippen molar-refractivity contribution in [3.8, 4) is 0 Å². The van der Waals surface area contributed by atoms with Crippen molar-refractivity contribution in [2.75, 3.05) is 5.32 Å². The number of rotatable bonds is 2. The van der Waals surface area contributed by atoms with Gasteiger partial charge in [0.1, 0.15) is 11.5 Å². The zero-order chi connectivity index (χ0) is 13.1. The van der Waals surface area contributed by atoms with Crippen molar-refractivity contribution in [3.05, 3.63) is 57.5 Å². The molecular weight excluding hydrogens is 322 g/mol. The molecule has 1 N–H and O–H groups in total. The predicted octanol–water partition coefficient (Wildman–Crippen LogP) is 3.89. The zero-order valence-electron chi connectivity index (χ0n) is 8.95. The molecule has 2 rings (SSSR count). The van der Waals surface area contributed by atoms with E-state index in [2.05, 4.69) is 26.2 Å². The second-order valence-corrected chi connectivity index (χ2v) is 4.70. The van der Waals surface area contributed by atoms with Gasteiger partial charge in [0.2, 0.25) is 0 Å². The number of hydrogen-bond donors (Lipinski definition) is 1. The predicted molar refractivity (Wildman–Crippen MR) is 71.3 cm³/mol. The number of hydrogen-bond acceptors (Lipinski definition) is 2. The van der Waals surface area contributed by atoms with Gasteiger partial charge in [0.05, 0.1) is 5.69 Å². The van der Waals surface area contributed by atoms with Crippen LogP contribution < -0.4 is 5.32 Å². The number of carbonyl (C=O) groups excluding carboxylic acids is 1. The van der Waals surface area contributed by atoms with Gasteiger partial charge in [-0.15, -0.1) is 0 Å². The quantitative estimate of drug-likeness (QED) is 0.908. The molecular formula is C12H7BrClFN2O. The van der Waals surface area contributed by atoms with Crippen molar-refractivity contribution in [1.82, 2.24) is 4.98 Å². The summed E-state index contributed by atoms with van der Waals surface area (Å²) >= 11 is 8.83. The van der Waals surface area contributed by atoms with E-state index in [1.807, 2.05) is 0 Å². The highest BCUT2D eigenvalue weighted by Gasteiger charge is 2.13. The number of anilines is 1. The Morgan fingerprint density at radius 2 is 2.17 bits per heavy atom. The number of nitrogens with one attached hydrogen (secondary N) is 1. The van der Waals surface area contributed by atoms with Gasteiger partial charge < -0.3 is 5.32 Å². The fourth-order valence-electron chi connectivity index (χ4n) is 1.33. The molecule has 0 aliphatic heterocycles. The normalized spacial score (nSPS) is 10.2. The molecule has 1 aromatic carbocycles. The van der Waals surface area contributed by atoms with Gasteiger partial charge in [-0.05, 0) is 46.3 Å². The summed E-state index contributed by atoms with van der Waals surface area (Å²) in [7, 11) is 0. The first-order chi connectivity index (χ1) is 8.58. The van der Waals surface area contributed by atoms with Crippen LogP contribution in [0.25, 0.3) is 0 Å². The molecule has 3 nitrogen and oxygen atoms in total. The Hall–Kier alpha value is -1.46. The molecule has 0 spiro atoms. The van der Waals surface area contributed by atoms with Crippen LogP contribution in [0.15, 0.2) is 41.0 Å². The maximum absolute atomic E-state index is 13.5. The highest BCUT2D eigenvalue weighted by atomic mass is 79.9. The fraction of sp³-hybridized carbons (Fsp3) is 0. The summed E-state index contributed by atoms with van der Waals surface area (Å²) in [6.45, 7) is 0. The van der Waals surface area contributed by atoms with E-state index in [0.717, 1.165) is 6.07 Å². The highest BCUT2D eigenvalue weighted by Crippen LogP contribution is 2.20. The Bertz CT molecular complexity index is 606. The van der Waals surface area contributed by atoms with Crippen LogP contribution in [0.4, 0.5) is 10.1 Å². The molecule has 1 amide bonds. The van der Waals surface area contributed by atoms with E-state index in [-0.39, 0.29) is 16.4 Å². The van der Waals surface area contributed by atoms with Gasteiger partial charge in [-0.2, -0.15) is 0 Å². The first-order valence-corrected chi connectivity index (χ1v) is 6.12. The van der Waals surface area contributed by atoms with Gasteiger partial charge in [0.15, 0.2) is 0 Å². The van der Waals surface area contributed by atoms with Crippen molar-refractivity contribution in [1.29, 1.82) is 0 Å². The molecule has 0 saturated carbocycles. The summed E-state index contributed by atoms with van der Waals surface area (Å²) in [6, 6.07) is 7.38.